The first-order chi connectivity index (χ1) is 7.98. The van der Waals surface area contributed by atoms with Gasteiger partial charge in [0.05, 0.1) is 15.5 Å². The van der Waals surface area contributed by atoms with Crippen LogP contribution in [0.1, 0.15) is 19.8 Å². The van der Waals surface area contributed by atoms with Crippen LogP contribution in [-0.2, 0) is 6.54 Å². The number of halogens is 2. The van der Waals surface area contributed by atoms with Crippen LogP contribution in [0.2, 0.25) is 0 Å². The van der Waals surface area contributed by atoms with E-state index >= 15 is 0 Å². The maximum absolute atomic E-state index is 13.6. The number of nitrogens with two attached hydrogens (primary N) is 1. The van der Waals surface area contributed by atoms with E-state index in [0.717, 1.165) is 17.6 Å². The fraction of sp³-hybridized carbons (Fsp3) is 0.417. The van der Waals surface area contributed by atoms with Crippen molar-refractivity contribution in [2.75, 3.05) is 5.73 Å². The predicted molar refractivity (Wildman–Crippen MR) is 69.1 cm³/mol. The largest absolute Gasteiger partial charge is 0.369 e. The molecular weight excluding hydrogens is 285 g/mol. The van der Waals surface area contributed by atoms with Gasteiger partial charge in [-0.25, -0.2) is 9.37 Å². The lowest BCUT2D eigenvalue weighted by Crippen LogP contribution is -2.10. The van der Waals surface area contributed by atoms with E-state index in [2.05, 4.69) is 27.8 Å². The molecule has 1 aliphatic rings. The van der Waals surface area contributed by atoms with Crippen LogP contribution in [0.15, 0.2) is 16.6 Å². The van der Waals surface area contributed by atoms with Gasteiger partial charge in [-0.3, -0.25) is 0 Å². The molecule has 17 heavy (non-hydrogen) atoms. The molecular formula is C12H13BrFN3. The summed E-state index contributed by atoms with van der Waals surface area (Å²) in [4.78, 5) is 4.27. The summed E-state index contributed by atoms with van der Waals surface area (Å²) >= 11 is 3.16. The molecule has 90 valence electrons. The molecule has 0 radical (unpaired) electrons. The highest BCUT2D eigenvalue weighted by atomic mass is 79.9. The Balaban J connectivity index is 2.16. The van der Waals surface area contributed by atoms with Crippen molar-refractivity contribution in [3.63, 3.8) is 0 Å². The van der Waals surface area contributed by atoms with E-state index in [1.54, 1.807) is 6.07 Å². The molecule has 1 aromatic heterocycles. The van der Waals surface area contributed by atoms with E-state index in [-0.39, 0.29) is 5.82 Å². The van der Waals surface area contributed by atoms with Gasteiger partial charge in [0.15, 0.2) is 0 Å². The lowest BCUT2D eigenvalue weighted by molar-refractivity contribution is 0.476. The Morgan fingerprint density at radius 3 is 2.88 bits per heavy atom. The summed E-state index contributed by atoms with van der Waals surface area (Å²) in [5, 5.41) is 0. The van der Waals surface area contributed by atoms with E-state index in [1.807, 2.05) is 4.57 Å². The minimum atomic E-state index is -0.278. The molecule has 0 saturated heterocycles. The van der Waals surface area contributed by atoms with Crippen LogP contribution in [0.5, 0.6) is 0 Å². The van der Waals surface area contributed by atoms with Crippen LogP contribution in [0, 0.1) is 11.2 Å². The highest BCUT2D eigenvalue weighted by molar-refractivity contribution is 9.10. The molecule has 0 aliphatic heterocycles. The zero-order chi connectivity index (χ0) is 12.2. The molecule has 2 N–H and O–H groups in total. The molecule has 0 atom stereocenters. The Morgan fingerprint density at radius 1 is 1.53 bits per heavy atom. The molecule has 1 aliphatic carbocycles. The molecule has 5 heteroatoms. The predicted octanol–water partition coefficient (Wildman–Crippen LogP) is 3.32. The number of hydrogen-bond donors (Lipinski definition) is 1. The summed E-state index contributed by atoms with van der Waals surface area (Å²) in [5.41, 5.74) is 7.72. The average Bonchev–Trinajstić information content (AvgIpc) is 2.91. The Bertz CT molecular complexity index is 601. The van der Waals surface area contributed by atoms with Crippen molar-refractivity contribution in [1.29, 1.82) is 0 Å². The van der Waals surface area contributed by atoms with E-state index in [4.69, 9.17) is 5.73 Å². The number of benzene rings is 1. The highest BCUT2D eigenvalue weighted by Gasteiger charge is 2.38. The second kappa shape index (κ2) is 3.45. The molecule has 0 spiro atoms. The second-order valence-electron chi connectivity index (χ2n) is 5.12. The third-order valence-electron chi connectivity index (χ3n) is 3.46. The van der Waals surface area contributed by atoms with Crippen molar-refractivity contribution in [1.82, 2.24) is 9.55 Å². The first kappa shape index (κ1) is 11.0. The standard InChI is InChI=1S/C12H13BrFN3/c1-12(2-3-12)6-17-10-5-8(14)7(13)4-9(10)16-11(17)15/h4-5H,2-3,6H2,1H3,(H2,15,16). The van der Waals surface area contributed by atoms with Crippen LogP contribution in [0.3, 0.4) is 0 Å². The molecule has 3 rings (SSSR count). The Morgan fingerprint density at radius 2 is 2.24 bits per heavy atom. The number of anilines is 1. The summed E-state index contributed by atoms with van der Waals surface area (Å²) < 4.78 is 15.9. The average molecular weight is 298 g/mol. The van der Waals surface area contributed by atoms with Gasteiger partial charge in [0.1, 0.15) is 5.82 Å². The van der Waals surface area contributed by atoms with Gasteiger partial charge in [0.25, 0.3) is 0 Å². The molecule has 1 fully saturated rings. The van der Waals surface area contributed by atoms with Crippen molar-refractivity contribution >= 4 is 32.9 Å². The van der Waals surface area contributed by atoms with Crippen LogP contribution in [-0.4, -0.2) is 9.55 Å². The lowest BCUT2D eigenvalue weighted by atomic mass is 10.1. The third-order valence-corrected chi connectivity index (χ3v) is 4.07. The number of aromatic nitrogens is 2. The van der Waals surface area contributed by atoms with Crippen molar-refractivity contribution in [2.45, 2.75) is 26.3 Å². The summed E-state index contributed by atoms with van der Waals surface area (Å²) in [6.07, 6.45) is 2.40. The molecule has 0 bridgehead atoms. The molecule has 2 aromatic rings. The van der Waals surface area contributed by atoms with Gasteiger partial charge in [0.2, 0.25) is 5.95 Å². The first-order valence-corrected chi connectivity index (χ1v) is 6.39. The van der Waals surface area contributed by atoms with Crippen LogP contribution < -0.4 is 5.73 Å². The topological polar surface area (TPSA) is 43.8 Å². The van der Waals surface area contributed by atoms with Gasteiger partial charge in [-0.1, -0.05) is 6.92 Å². The van der Waals surface area contributed by atoms with Crippen molar-refractivity contribution in [3.8, 4) is 0 Å². The van der Waals surface area contributed by atoms with Gasteiger partial charge in [-0.05, 0) is 40.3 Å². The third kappa shape index (κ3) is 1.82. The maximum Gasteiger partial charge on any atom is 0.201 e. The molecule has 0 amide bonds. The number of imidazole rings is 1. The lowest BCUT2D eigenvalue weighted by Gasteiger charge is -2.11. The first-order valence-electron chi connectivity index (χ1n) is 5.59. The number of nitrogen functional groups attached to an aromatic ring is 1. The summed E-state index contributed by atoms with van der Waals surface area (Å²) in [6, 6.07) is 3.17. The van der Waals surface area contributed by atoms with E-state index in [9.17, 15) is 4.39 Å². The molecule has 3 nitrogen and oxygen atoms in total. The molecule has 1 aromatic carbocycles. The van der Waals surface area contributed by atoms with Gasteiger partial charge < -0.3 is 10.3 Å². The van der Waals surface area contributed by atoms with Gasteiger partial charge in [0, 0.05) is 12.6 Å². The maximum atomic E-state index is 13.6. The number of fused-ring (bicyclic) bond motifs is 1. The van der Waals surface area contributed by atoms with Crippen molar-refractivity contribution in [3.05, 3.63) is 22.4 Å². The zero-order valence-electron chi connectivity index (χ0n) is 9.50. The van der Waals surface area contributed by atoms with Crippen molar-refractivity contribution < 1.29 is 4.39 Å². The van der Waals surface area contributed by atoms with Crippen LogP contribution >= 0.6 is 15.9 Å². The smallest absolute Gasteiger partial charge is 0.201 e. The SMILES string of the molecule is CC1(Cn2c(N)nc3cc(Br)c(F)cc32)CC1. The second-order valence-corrected chi connectivity index (χ2v) is 5.98. The summed E-state index contributed by atoms with van der Waals surface area (Å²) in [6.45, 7) is 3.03. The normalized spacial score (nSPS) is 17.6. The molecule has 1 heterocycles. The highest BCUT2D eigenvalue weighted by Crippen LogP contribution is 2.47. The van der Waals surface area contributed by atoms with E-state index < -0.39 is 0 Å². The van der Waals surface area contributed by atoms with Crippen LogP contribution in [0.4, 0.5) is 10.3 Å². The monoisotopic (exact) mass is 297 g/mol. The minimum Gasteiger partial charge on any atom is -0.369 e. The number of rotatable bonds is 2. The molecule has 0 unspecified atom stereocenters. The fourth-order valence-electron chi connectivity index (χ4n) is 2.06. The zero-order valence-corrected chi connectivity index (χ0v) is 11.1. The van der Waals surface area contributed by atoms with Crippen LogP contribution in [0.25, 0.3) is 11.0 Å². The molecule has 1 saturated carbocycles. The minimum absolute atomic E-state index is 0.278. The van der Waals surface area contributed by atoms with Gasteiger partial charge >= 0.3 is 0 Å². The Hall–Kier alpha value is -1.10. The van der Waals surface area contributed by atoms with E-state index in [1.165, 1.54) is 18.9 Å². The Kier molecular flexibility index (Phi) is 2.23. The quantitative estimate of drug-likeness (QED) is 0.924. The van der Waals surface area contributed by atoms with Gasteiger partial charge in [-0.2, -0.15) is 0 Å². The van der Waals surface area contributed by atoms with E-state index in [0.29, 0.717) is 15.8 Å². The number of hydrogen-bond acceptors (Lipinski definition) is 2. The Labute approximate surface area is 107 Å². The summed E-state index contributed by atoms with van der Waals surface area (Å²) in [7, 11) is 0. The number of nitrogens with zero attached hydrogens (tertiary/aromatic N) is 2. The van der Waals surface area contributed by atoms with Gasteiger partial charge in [-0.15, -0.1) is 0 Å². The summed E-state index contributed by atoms with van der Waals surface area (Å²) in [5.74, 6) is 0.185. The fourth-order valence-corrected chi connectivity index (χ4v) is 2.39. The van der Waals surface area contributed by atoms with Crippen molar-refractivity contribution in [2.24, 2.45) is 5.41 Å².